The van der Waals surface area contributed by atoms with Crippen molar-refractivity contribution in [2.24, 2.45) is 0 Å². The Morgan fingerprint density at radius 1 is 1.10 bits per heavy atom. The highest BCUT2D eigenvalue weighted by atomic mass is 16.4. The summed E-state index contributed by atoms with van der Waals surface area (Å²) >= 11 is 0. The first kappa shape index (κ1) is 16.5. The minimum absolute atomic E-state index is 0.462. The van der Waals surface area contributed by atoms with Gasteiger partial charge in [0, 0.05) is 19.8 Å². The Labute approximate surface area is 122 Å². The molecule has 0 spiro atoms. The van der Waals surface area contributed by atoms with E-state index in [1.54, 1.807) is 6.07 Å². The van der Waals surface area contributed by atoms with Gasteiger partial charge in [0.2, 0.25) is 0 Å². The Kier molecular flexibility index (Phi) is 6.56. The molecule has 1 aromatic carbocycles. The first-order valence-corrected chi connectivity index (χ1v) is 7.58. The van der Waals surface area contributed by atoms with Crippen LogP contribution in [0.1, 0.15) is 61.0 Å². The average Bonchev–Trinajstić information content (AvgIpc) is 2.42. The third-order valence-electron chi connectivity index (χ3n) is 3.75. The van der Waals surface area contributed by atoms with Gasteiger partial charge in [-0.2, -0.15) is 0 Å². The van der Waals surface area contributed by atoms with Gasteiger partial charge in [0.1, 0.15) is 0 Å². The van der Waals surface area contributed by atoms with E-state index in [9.17, 15) is 9.90 Å². The van der Waals surface area contributed by atoms with E-state index in [0.29, 0.717) is 5.56 Å². The number of benzene rings is 1. The fraction of sp³-hybridized carbons (Fsp3) is 0.588. The van der Waals surface area contributed by atoms with E-state index in [0.717, 1.165) is 30.5 Å². The maximum absolute atomic E-state index is 11.4. The van der Waals surface area contributed by atoms with E-state index in [-0.39, 0.29) is 0 Å². The van der Waals surface area contributed by atoms with E-state index in [1.165, 1.54) is 24.8 Å². The third kappa shape index (κ3) is 3.99. The zero-order valence-electron chi connectivity index (χ0n) is 13.2. The third-order valence-corrected chi connectivity index (χ3v) is 3.75. The molecular formula is C17H27NO2. The Morgan fingerprint density at radius 3 is 2.30 bits per heavy atom. The predicted octanol–water partition coefficient (Wildman–Crippen LogP) is 4.14. The molecule has 0 saturated heterocycles. The van der Waals surface area contributed by atoms with Crippen LogP contribution in [0.5, 0.6) is 0 Å². The van der Waals surface area contributed by atoms with Gasteiger partial charge in [0.05, 0.1) is 5.56 Å². The highest BCUT2D eigenvalue weighted by molar-refractivity contribution is 5.91. The summed E-state index contributed by atoms with van der Waals surface area (Å²) in [6.07, 6.45) is 6.55. The minimum Gasteiger partial charge on any atom is -0.478 e. The van der Waals surface area contributed by atoms with E-state index in [1.807, 2.05) is 27.1 Å². The summed E-state index contributed by atoms with van der Waals surface area (Å²) in [7, 11) is 4.04. The molecule has 0 bridgehead atoms. The van der Waals surface area contributed by atoms with Crippen molar-refractivity contribution in [3.05, 3.63) is 28.8 Å². The fourth-order valence-electron chi connectivity index (χ4n) is 2.71. The van der Waals surface area contributed by atoms with Crippen LogP contribution in [-0.4, -0.2) is 25.2 Å². The van der Waals surface area contributed by atoms with Gasteiger partial charge in [-0.3, -0.25) is 0 Å². The quantitative estimate of drug-likeness (QED) is 0.726. The largest absolute Gasteiger partial charge is 0.478 e. The van der Waals surface area contributed by atoms with Crippen LogP contribution >= 0.6 is 0 Å². The van der Waals surface area contributed by atoms with Crippen LogP contribution in [0, 0.1) is 0 Å². The number of aromatic carboxylic acids is 1. The van der Waals surface area contributed by atoms with Gasteiger partial charge < -0.3 is 10.0 Å². The Bertz CT molecular complexity index is 453. The number of nitrogens with zero attached hydrogens (tertiary/aromatic N) is 1. The van der Waals surface area contributed by atoms with Gasteiger partial charge in [-0.25, -0.2) is 4.79 Å². The molecular weight excluding hydrogens is 250 g/mol. The monoisotopic (exact) mass is 277 g/mol. The number of carboxylic acids is 1. The Balaban J connectivity index is 3.12. The number of rotatable bonds is 8. The number of carbonyl (C=O) groups is 1. The minimum atomic E-state index is -0.818. The molecule has 0 fully saturated rings. The van der Waals surface area contributed by atoms with Crippen LogP contribution in [0.4, 0.5) is 5.69 Å². The van der Waals surface area contributed by atoms with E-state index in [4.69, 9.17) is 0 Å². The second-order valence-electron chi connectivity index (χ2n) is 5.45. The standard InChI is InChI=1S/C17H27NO2/c1-5-7-8-9-10-14-13(6-2)15(17(19)20)11-12-16(14)18(3)4/h11-12H,5-10H2,1-4H3,(H,19,20). The summed E-state index contributed by atoms with van der Waals surface area (Å²) in [5.41, 5.74) is 3.83. The van der Waals surface area contributed by atoms with Crippen molar-refractivity contribution in [3.63, 3.8) is 0 Å². The van der Waals surface area contributed by atoms with Gasteiger partial charge in [-0.05, 0) is 42.5 Å². The summed E-state index contributed by atoms with van der Waals surface area (Å²) in [5.74, 6) is -0.818. The Morgan fingerprint density at radius 2 is 1.80 bits per heavy atom. The molecule has 0 saturated carbocycles. The molecule has 1 aromatic rings. The van der Waals surface area contributed by atoms with Gasteiger partial charge in [-0.15, -0.1) is 0 Å². The van der Waals surface area contributed by atoms with Crippen molar-refractivity contribution in [2.45, 2.75) is 52.4 Å². The van der Waals surface area contributed by atoms with Gasteiger partial charge in [0.15, 0.2) is 0 Å². The lowest BCUT2D eigenvalue weighted by Crippen LogP contribution is -2.15. The van der Waals surface area contributed by atoms with E-state index >= 15 is 0 Å². The summed E-state index contributed by atoms with van der Waals surface area (Å²) in [6.45, 7) is 4.24. The van der Waals surface area contributed by atoms with Crippen molar-refractivity contribution in [1.82, 2.24) is 0 Å². The van der Waals surface area contributed by atoms with Crippen molar-refractivity contribution in [2.75, 3.05) is 19.0 Å². The second-order valence-corrected chi connectivity index (χ2v) is 5.45. The molecule has 0 radical (unpaired) electrons. The number of carboxylic acid groups (broad SMARTS) is 1. The molecule has 3 heteroatoms. The van der Waals surface area contributed by atoms with Crippen LogP contribution in [0.15, 0.2) is 12.1 Å². The number of hydrogen-bond acceptors (Lipinski definition) is 2. The molecule has 0 aliphatic rings. The molecule has 0 aromatic heterocycles. The number of unbranched alkanes of at least 4 members (excludes halogenated alkanes) is 3. The zero-order valence-corrected chi connectivity index (χ0v) is 13.2. The molecule has 0 unspecified atom stereocenters. The maximum atomic E-state index is 11.4. The van der Waals surface area contributed by atoms with E-state index in [2.05, 4.69) is 11.8 Å². The predicted molar refractivity (Wildman–Crippen MR) is 85.0 cm³/mol. The lowest BCUT2D eigenvalue weighted by Gasteiger charge is -2.22. The molecule has 0 atom stereocenters. The van der Waals surface area contributed by atoms with Crippen LogP contribution in [-0.2, 0) is 12.8 Å². The second kappa shape index (κ2) is 7.93. The molecule has 20 heavy (non-hydrogen) atoms. The first-order chi connectivity index (χ1) is 9.52. The van der Waals surface area contributed by atoms with E-state index < -0.39 is 5.97 Å². The summed E-state index contributed by atoms with van der Waals surface area (Å²) < 4.78 is 0. The van der Waals surface area contributed by atoms with Crippen LogP contribution in [0.2, 0.25) is 0 Å². The molecule has 1 N–H and O–H groups in total. The molecule has 0 heterocycles. The van der Waals surface area contributed by atoms with Crippen LogP contribution < -0.4 is 4.90 Å². The summed E-state index contributed by atoms with van der Waals surface area (Å²) in [6, 6.07) is 3.68. The zero-order chi connectivity index (χ0) is 15.1. The van der Waals surface area contributed by atoms with Gasteiger partial charge in [-0.1, -0.05) is 33.1 Å². The molecule has 1 rings (SSSR count). The number of anilines is 1. The lowest BCUT2D eigenvalue weighted by atomic mass is 9.92. The lowest BCUT2D eigenvalue weighted by molar-refractivity contribution is 0.0695. The first-order valence-electron chi connectivity index (χ1n) is 7.58. The Hall–Kier alpha value is -1.51. The molecule has 3 nitrogen and oxygen atoms in total. The molecule has 0 amide bonds. The van der Waals surface area contributed by atoms with Gasteiger partial charge in [0.25, 0.3) is 0 Å². The maximum Gasteiger partial charge on any atom is 0.335 e. The number of hydrogen-bond donors (Lipinski definition) is 1. The highest BCUT2D eigenvalue weighted by Gasteiger charge is 2.16. The summed E-state index contributed by atoms with van der Waals surface area (Å²) in [5, 5.41) is 9.35. The van der Waals surface area contributed by atoms with Crippen molar-refractivity contribution in [1.29, 1.82) is 0 Å². The highest BCUT2D eigenvalue weighted by Crippen LogP contribution is 2.28. The van der Waals surface area contributed by atoms with Crippen molar-refractivity contribution < 1.29 is 9.90 Å². The fourth-order valence-corrected chi connectivity index (χ4v) is 2.71. The topological polar surface area (TPSA) is 40.5 Å². The normalized spacial score (nSPS) is 10.6. The van der Waals surface area contributed by atoms with Crippen LogP contribution in [0.25, 0.3) is 0 Å². The van der Waals surface area contributed by atoms with Crippen molar-refractivity contribution >= 4 is 11.7 Å². The molecule has 112 valence electrons. The SMILES string of the molecule is CCCCCCc1c(N(C)C)ccc(C(=O)O)c1CC. The smallest absolute Gasteiger partial charge is 0.335 e. The molecule has 0 aliphatic carbocycles. The van der Waals surface area contributed by atoms with Crippen LogP contribution in [0.3, 0.4) is 0 Å². The summed E-state index contributed by atoms with van der Waals surface area (Å²) in [4.78, 5) is 13.5. The molecule has 0 aliphatic heterocycles. The van der Waals surface area contributed by atoms with Crippen molar-refractivity contribution in [3.8, 4) is 0 Å². The average molecular weight is 277 g/mol. The van der Waals surface area contributed by atoms with Gasteiger partial charge >= 0.3 is 5.97 Å².